The van der Waals surface area contributed by atoms with E-state index in [2.05, 4.69) is 6.58 Å². The first-order valence-electron chi connectivity index (χ1n) is 7.50. The highest BCUT2D eigenvalue weighted by Crippen LogP contribution is 2.28. The second-order valence-corrected chi connectivity index (χ2v) is 5.40. The number of carbonyl (C=O) groups excluding carboxylic acids is 1. The molecular formula is C18H17F2NO4. The van der Waals surface area contributed by atoms with Crippen LogP contribution < -0.4 is 5.56 Å². The summed E-state index contributed by atoms with van der Waals surface area (Å²) in [6, 6.07) is 2.40. The van der Waals surface area contributed by atoms with Gasteiger partial charge in [-0.15, -0.1) is 0 Å². The average molecular weight is 349 g/mol. The number of esters is 1. The number of allylic oxidation sites excluding steroid dienone is 3. The molecular weight excluding hydrogens is 332 g/mol. The maximum atomic E-state index is 13.5. The maximum absolute atomic E-state index is 13.5. The third-order valence-electron chi connectivity index (χ3n) is 3.46. The van der Waals surface area contributed by atoms with Gasteiger partial charge in [-0.2, -0.15) is 0 Å². The van der Waals surface area contributed by atoms with E-state index in [0.717, 1.165) is 22.7 Å². The van der Waals surface area contributed by atoms with Gasteiger partial charge >= 0.3 is 5.97 Å². The first kappa shape index (κ1) is 18.4. The number of rotatable bonds is 5. The van der Waals surface area contributed by atoms with Crippen molar-refractivity contribution in [3.8, 4) is 5.75 Å². The number of halogens is 2. The van der Waals surface area contributed by atoms with Crippen molar-refractivity contribution in [1.29, 1.82) is 0 Å². The van der Waals surface area contributed by atoms with Crippen molar-refractivity contribution >= 4 is 11.5 Å². The summed E-state index contributed by atoms with van der Waals surface area (Å²) in [6.45, 7) is 6.46. The largest absolute Gasteiger partial charge is 0.506 e. The molecule has 1 N–H and O–H groups in total. The van der Waals surface area contributed by atoms with E-state index in [4.69, 9.17) is 4.74 Å². The predicted octanol–water partition coefficient (Wildman–Crippen LogP) is 3.29. The highest BCUT2D eigenvalue weighted by molar-refractivity contribution is 5.93. The van der Waals surface area contributed by atoms with Crippen molar-refractivity contribution in [2.24, 2.45) is 0 Å². The molecule has 0 unspecified atom stereocenters. The van der Waals surface area contributed by atoms with Crippen LogP contribution in [0.25, 0.3) is 5.52 Å². The highest BCUT2D eigenvalue weighted by atomic mass is 19.1. The van der Waals surface area contributed by atoms with E-state index in [1.165, 1.54) is 13.0 Å². The zero-order chi connectivity index (χ0) is 18.7. The third-order valence-corrected chi connectivity index (χ3v) is 3.46. The molecule has 0 radical (unpaired) electrons. The minimum atomic E-state index is -1.02. The molecule has 2 heterocycles. The van der Waals surface area contributed by atoms with Crippen molar-refractivity contribution in [3.05, 3.63) is 69.7 Å². The topological polar surface area (TPSA) is 68.0 Å². The van der Waals surface area contributed by atoms with Crippen LogP contribution in [0.4, 0.5) is 8.78 Å². The minimum Gasteiger partial charge on any atom is -0.506 e. The van der Waals surface area contributed by atoms with Crippen molar-refractivity contribution in [3.63, 3.8) is 0 Å². The Morgan fingerprint density at radius 1 is 1.44 bits per heavy atom. The standard InChI is InChI=1S/C18H17F2NO4/c1-4-25-18(24)15-16(22)13(8-10(2)7-11(3)19)14-6-5-12(20)9-21(14)17(15)23/h5-7,9,22H,2,4,8H2,1,3H3. The number of fused-ring (bicyclic) bond motifs is 1. The van der Waals surface area contributed by atoms with Crippen molar-refractivity contribution in [1.82, 2.24) is 4.40 Å². The second-order valence-electron chi connectivity index (χ2n) is 5.40. The fourth-order valence-corrected chi connectivity index (χ4v) is 2.50. The Bertz CT molecular complexity index is 940. The molecule has 0 atom stereocenters. The van der Waals surface area contributed by atoms with E-state index in [-0.39, 0.29) is 24.1 Å². The van der Waals surface area contributed by atoms with Crippen LogP contribution in [0.1, 0.15) is 29.8 Å². The molecule has 0 aromatic carbocycles. The van der Waals surface area contributed by atoms with Gasteiger partial charge in [0.1, 0.15) is 11.6 Å². The number of aromatic nitrogens is 1. The van der Waals surface area contributed by atoms with Gasteiger partial charge in [0.05, 0.1) is 18.0 Å². The normalized spacial score (nSPS) is 11.6. The summed E-state index contributed by atoms with van der Waals surface area (Å²) in [5.74, 6) is -2.79. The van der Waals surface area contributed by atoms with Gasteiger partial charge in [-0.3, -0.25) is 9.20 Å². The van der Waals surface area contributed by atoms with Crippen LogP contribution in [0.2, 0.25) is 0 Å². The second kappa shape index (κ2) is 7.29. The van der Waals surface area contributed by atoms with Crippen LogP contribution in [0.5, 0.6) is 5.75 Å². The Morgan fingerprint density at radius 3 is 2.72 bits per heavy atom. The average Bonchev–Trinajstić information content (AvgIpc) is 2.51. The van der Waals surface area contributed by atoms with Gasteiger partial charge in [0.15, 0.2) is 5.56 Å². The quantitative estimate of drug-likeness (QED) is 0.664. The molecule has 0 aliphatic rings. The molecule has 132 valence electrons. The molecule has 0 bridgehead atoms. The van der Waals surface area contributed by atoms with E-state index in [1.807, 2.05) is 0 Å². The zero-order valence-electron chi connectivity index (χ0n) is 13.8. The maximum Gasteiger partial charge on any atom is 0.347 e. The van der Waals surface area contributed by atoms with Crippen LogP contribution in [0, 0.1) is 5.82 Å². The number of aromatic hydroxyl groups is 1. The number of ether oxygens (including phenoxy) is 1. The van der Waals surface area contributed by atoms with Crippen LogP contribution in [-0.2, 0) is 11.2 Å². The fraction of sp³-hybridized carbons (Fsp3) is 0.222. The molecule has 0 aliphatic heterocycles. The van der Waals surface area contributed by atoms with E-state index >= 15 is 0 Å². The number of carbonyl (C=O) groups is 1. The third kappa shape index (κ3) is 3.76. The summed E-state index contributed by atoms with van der Waals surface area (Å²) < 4.78 is 32.3. The molecule has 0 aliphatic carbocycles. The Kier molecular flexibility index (Phi) is 5.36. The van der Waals surface area contributed by atoms with E-state index in [0.29, 0.717) is 5.57 Å². The number of hydrogen-bond acceptors (Lipinski definition) is 4. The van der Waals surface area contributed by atoms with Gasteiger partial charge in [-0.1, -0.05) is 6.58 Å². The van der Waals surface area contributed by atoms with Gasteiger partial charge in [-0.25, -0.2) is 13.6 Å². The predicted molar refractivity (Wildman–Crippen MR) is 89.0 cm³/mol. The summed E-state index contributed by atoms with van der Waals surface area (Å²) in [4.78, 5) is 24.5. The van der Waals surface area contributed by atoms with Gasteiger partial charge in [0.25, 0.3) is 5.56 Å². The fourth-order valence-electron chi connectivity index (χ4n) is 2.50. The smallest absolute Gasteiger partial charge is 0.347 e. The van der Waals surface area contributed by atoms with E-state index in [9.17, 15) is 23.5 Å². The molecule has 0 spiro atoms. The lowest BCUT2D eigenvalue weighted by Crippen LogP contribution is -2.25. The monoisotopic (exact) mass is 349 g/mol. The molecule has 2 aromatic heterocycles. The van der Waals surface area contributed by atoms with Crippen LogP contribution in [0.15, 0.2) is 47.2 Å². The van der Waals surface area contributed by atoms with Crippen LogP contribution in [-0.4, -0.2) is 22.1 Å². The highest BCUT2D eigenvalue weighted by Gasteiger charge is 2.24. The van der Waals surface area contributed by atoms with Gasteiger partial charge in [-0.05, 0) is 37.6 Å². The number of nitrogens with zero attached hydrogens (tertiary/aromatic N) is 1. The van der Waals surface area contributed by atoms with E-state index < -0.39 is 34.5 Å². The van der Waals surface area contributed by atoms with Gasteiger partial charge in [0, 0.05) is 18.2 Å². The molecule has 0 saturated carbocycles. The Balaban J connectivity index is 2.78. The molecule has 5 nitrogen and oxygen atoms in total. The van der Waals surface area contributed by atoms with Gasteiger partial charge < -0.3 is 9.84 Å². The van der Waals surface area contributed by atoms with Crippen LogP contribution >= 0.6 is 0 Å². The number of pyridine rings is 2. The van der Waals surface area contributed by atoms with Crippen LogP contribution in [0.3, 0.4) is 0 Å². The van der Waals surface area contributed by atoms with E-state index in [1.54, 1.807) is 6.92 Å². The molecule has 2 aromatic rings. The lowest BCUT2D eigenvalue weighted by molar-refractivity contribution is 0.0520. The summed E-state index contributed by atoms with van der Waals surface area (Å²) in [6.07, 6.45) is 2.02. The Morgan fingerprint density at radius 2 is 2.12 bits per heavy atom. The molecule has 7 heteroatoms. The van der Waals surface area contributed by atoms with Crippen molar-refractivity contribution in [2.75, 3.05) is 6.61 Å². The lowest BCUT2D eigenvalue weighted by Gasteiger charge is -2.14. The minimum absolute atomic E-state index is 0.00457. The first-order valence-corrected chi connectivity index (χ1v) is 7.50. The van der Waals surface area contributed by atoms with Crippen molar-refractivity contribution in [2.45, 2.75) is 20.3 Å². The summed E-state index contributed by atoms with van der Waals surface area (Å²) >= 11 is 0. The summed E-state index contributed by atoms with van der Waals surface area (Å²) in [7, 11) is 0. The Hall–Kier alpha value is -2.96. The Labute approximate surface area is 142 Å². The summed E-state index contributed by atoms with van der Waals surface area (Å²) in [5, 5.41) is 10.5. The SMILES string of the molecule is C=C(C=C(C)F)Cc1c(O)c(C(=O)OCC)c(=O)n2cc(F)ccc12. The molecule has 0 amide bonds. The van der Waals surface area contributed by atoms with Gasteiger partial charge in [0.2, 0.25) is 0 Å². The van der Waals surface area contributed by atoms with Crippen molar-refractivity contribution < 1.29 is 23.4 Å². The molecule has 0 saturated heterocycles. The zero-order valence-corrected chi connectivity index (χ0v) is 13.8. The lowest BCUT2D eigenvalue weighted by atomic mass is 10.0. The molecule has 25 heavy (non-hydrogen) atoms. The molecule has 2 rings (SSSR count). The first-order chi connectivity index (χ1) is 11.8. The molecule has 0 fully saturated rings. The number of hydrogen-bond donors (Lipinski definition) is 1. The summed E-state index contributed by atoms with van der Waals surface area (Å²) in [5.41, 5.74) is -0.881.